The first-order valence-electron chi connectivity index (χ1n) is 7.39. The molecule has 0 aliphatic heterocycles. The minimum absolute atomic E-state index is 0.221. The van der Waals surface area contributed by atoms with E-state index < -0.39 is 11.2 Å². The molecule has 2 aromatic heterocycles. The lowest BCUT2D eigenvalue weighted by atomic mass is 10.2. The molecule has 0 spiro atoms. The number of thioether (sulfide) groups is 1. The number of rotatable bonds is 4. The third kappa shape index (κ3) is 2.90. The Morgan fingerprint density at radius 1 is 1.25 bits per heavy atom. The van der Waals surface area contributed by atoms with Crippen LogP contribution in [0.1, 0.15) is 12.5 Å². The van der Waals surface area contributed by atoms with Crippen LogP contribution in [0.4, 0.5) is 0 Å². The maximum Gasteiger partial charge on any atom is 0.267 e. The van der Waals surface area contributed by atoms with Crippen molar-refractivity contribution in [1.29, 1.82) is 0 Å². The number of nitrogens with zero attached hydrogens (tertiary/aromatic N) is 3. The van der Waals surface area contributed by atoms with Gasteiger partial charge >= 0.3 is 0 Å². The molecule has 1 amide bonds. The summed E-state index contributed by atoms with van der Waals surface area (Å²) in [5.74, 6) is 0.0339. The van der Waals surface area contributed by atoms with Crippen molar-refractivity contribution in [2.24, 2.45) is 5.73 Å². The van der Waals surface area contributed by atoms with Gasteiger partial charge in [-0.3, -0.25) is 9.59 Å². The molecule has 24 heavy (non-hydrogen) atoms. The summed E-state index contributed by atoms with van der Waals surface area (Å²) in [6, 6.07) is 10.8. The summed E-state index contributed by atoms with van der Waals surface area (Å²) < 4.78 is 1.45. The number of primary amides is 1. The predicted molar refractivity (Wildman–Crippen MR) is 94.4 cm³/mol. The number of nitrogens with two attached hydrogens (primary N) is 1. The normalized spacial score (nSPS) is 12.2. The van der Waals surface area contributed by atoms with Crippen molar-refractivity contribution in [3.63, 3.8) is 0 Å². The second kappa shape index (κ2) is 6.45. The summed E-state index contributed by atoms with van der Waals surface area (Å²) >= 11 is 1.15. The minimum Gasteiger partial charge on any atom is -0.369 e. The first-order chi connectivity index (χ1) is 11.5. The van der Waals surface area contributed by atoms with E-state index in [1.807, 2.05) is 19.1 Å². The van der Waals surface area contributed by atoms with Gasteiger partial charge in [-0.2, -0.15) is 0 Å². The standard InChI is InChI=1S/C17H16N4O2S/c1-10-6-5-9-19-15(10)21-16(23)12-7-3-4-8-13(12)20-17(21)24-11(2)14(18)22/h3-9,11H,1-2H3,(H2,18,22). The highest BCUT2D eigenvalue weighted by Crippen LogP contribution is 2.25. The zero-order chi connectivity index (χ0) is 17.3. The molecule has 0 radical (unpaired) electrons. The molecular formula is C17H16N4O2S. The molecule has 122 valence electrons. The molecule has 0 fully saturated rings. The van der Waals surface area contributed by atoms with Crippen LogP contribution < -0.4 is 11.3 Å². The fourth-order valence-corrected chi connectivity index (χ4v) is 3.16. The van der Waals surface area contributed by atoms with Crippen LogP contribution in [0.3, 0.4) is 0 Å². The monoisotopic (exact) mass is 340 g/mol. The number of hydrogen-bond donors (Lipinski definition) is 1. The molecule has 7 heteroatoms. The van der Waals surface area contributed by atoms with E-state index in [1.165, 1.54) is 4.57 Å². The molecule has 1 aromatic carbocycles. The van der Waals surface area contributed by atoms with Crippen molar-refractivity contribution in [3.05, 3.63) is 58.5 Å². The van der Waals surface area contributed by atoms with Gasteiger partial charge in [-0.1, -0.05) is 30.0 Å². The average molecular weight is 340 g/mol. The number of aromatic nitrogens is 3. The fourth-order valence-electron chi connectivity index (χ4n) is 2.31. The molecule has 1 unspecified atom stereocenters. The van der Waals surface area contributed by atoms with Crippen LogP contribution in [-0.4, -0.2) is 25.7 Å². The number of fused-ring (bicyclic) bond motifs is 1. The fraction of sp³-hybridized carbons (Fsp3) is 0.176. The lowest BCUT2D eigenvalue weighted by Crippen LogP contribution is -2.27. The summed E-state index contributed by atoms with van der Waals surface area (Å²) in [4.78, 5) is 33.3. The zero-order valence-corrected chi connectivity index (χ0v) is 14.1. The largest absolute Gasteiger partial charge is 0.369 e. The molecule has 2 N–H and O–H groups in total. The van der Waals surface area contributed by atoms with E-state index in [0.29, 0.717) is 21.9 Å². The van der Waals surface area contributed by atoms with Crippen LogP contribution in [0.5, 0.6) is 0 Å². The van der Waals surface area contributed by atoms with Gasteiger partial charge in [0.05, 0.1) is 16.2 Å². The number of para-hydroxylation sites is 1. The van der Waals surface area contributed by atoms with Crippen molar-refractivity contribution in [2.45, 2.75) is 24.3 Å². The Morgan fingerprint density at radius 3 is 2.71 bits per heavy atom. The summed E-state index contributed by atoms with van der Waals surface area (Å²) in [5, 5.41) is 0.374. The van der Waals surface area contributed by atoms with Crippen LogP contribution in [0.15, 0.2) is 52.5 Å². The predicted octanol–water partition coefficient (Wildman–Crippen LogP) is 2.06. The number of pyridine rings is 1. The molecule has 0 bridgehead atoms. The highest BCUT2D eigenvalue weighted by molar-refractivity contribution is 8.00. The van der Waals surface area contributed by atoms with Gasteiger partial charge in [0, 0.05) is 6.20 Å². The summed E-state index contributed by atoms with van der Waals surface area (Å²) in [6.07, 6.45) is 1.62. The Labute approximate surface area is 142 Å². The van der Waals surface area contributed by atoms with E-state index in [2.05, 4.69) is 9.97 Å². The van der Waals surface area contributed by atoms with Crippen LogP contribution in [0.25, 0.3) is 16.7 Å². The van der Waals surface area contributed by atoms with E-state index in [4.69, 9.17) is 5.73 Å². The molecule has 1 atom stereocenters. The number of carbonyl (C=O) groups is 1. The van der Waals surface area contributed by atoms with E-state index in [-0.39, 0.29) is 5.56 Å². The van der Waals surface area contributed by atoms with E-state index in [9.17, 15) is 9.59 Å². The molecule has 2 heterocycles. The number of aryl methyl sites for hydroxylation is 1. The molecule has 0 saturated carbocycles. The topological polar surface area (TPSA) is 90.9 Å². The minimum atomic E-state index is -0.520. The van der Waals surface area contributed by atoms with Crippen molar-refractivity contribution in [1.82, 2.24) is 14.5 Å². The molecule has 0 aliphatic carbocycles. The maximum absolute atomic E-state index is 13.0. The molecular weight excluding hydrogens is 324 g/mol. The second-order valence-electron chi connectivity index (χ2n) is 5.36. The Balaban J connectivity index is 2.32. The van der Waals surface area contributed by atoms with Gasteiger partial charge in [0.2, 0.25) is 5.91 Å². The number of benzene rings is 1. The quantitative estimate of drug-likeness (QED) is 0.580. The second-order valence-corrected chi connectivity index (χ2v) is 6.67. The molecule has 0 aliphatic rings. The summed E-state index contributed by atoms with van der Waals surface area (Å²) in [6.45, 7) is 3.56. The number of hydrogen-bond acceptors (Lipinski definition) is 5. The highest BCUT2D eigenvalue weighted by atomic mass is 32.2. The van der Waals surface area contributed by atoms with Crippen LogP contribution in [-0.2, 0) is 4.79 Å². The number of amides is 1. The van der Waals surface area contributed by atoms with Crippen molar-refractivity contribution < 1.29 is 4.79 Å². The Morgan fingerprint density at radius 2 is 2.00 bits per heavy atom. The van der Waals surface area contributed by atoms with Gasteiger partial charge < -0.3 is 5.73 Å². The first kappa shape index (κ1) is 16.2. The summed E-state index contributed by atoms with van der Waals surface area (Å²) in [7, 11) is 0. The van der Waals surface area contributed by atoms with Crippen LogP contribution in [0.2, 0.25) is 0 Å². The maximum atomic E-state index is 13.0. The SMILES string of the molecule is Cc1cccnc1-n1c(SC(C)C(N)=O)nc2ccccc2c1=O. The Hall–Kier alpha value is -2.67. The molecule has 3 rings (SSSR count). The van der Waals surface area contributed by atoms with Gasteiger partial charge in [0.1, 0.15) is 5.82 Å². The lowest BCUT2D eigenvalue weighted by molar-refractivity contribution is -0.117. The Bertz CT molecular complexity index is 984. The summed E-state index contributed by atoms with van der Waals surface area (Å²) in [5.41, 5.74) is 6.56. The zero-order valence-electron chi connectivity index (χ0n) is 13.3. The number of carbonyl (C=O) groups excluding carboxylic acids is 1. The average Bonchev–Trinajstić information content (AvgIpc) is 2.56. The van der Waals surface area contributed by atoms with Gasteiger partial charge in [0.25, 0.3) is 5.56 Å². The van der Waals surface area contributed by atoms with Crippen molar-refractivity contribution >= 4 is 28.6 Å². The van der Waals surface area contributed by atoms with E-state index in [0.717, 1.165) is 17.3 Å². The van der Waals surface area contributed by atoms with Gasteiger partial charge in [0.15, 0.2) is 5.16 Å². The third-order valence-electron chi connectivity index (χ3n) is 3.62. The van der Waals surface area contributed by atoms with Crippen LogP contribution in [0, 0.1) is 6.92 Å². The first-order valence-corrected chi connectivity index (χ1v) is 8.26. The molecule has 0 saturated heterocycles. The highest BCUT2D eigenvalue weighted by Gasteiger charge is 2.19. The van der Waals surface area contributed by atoms with E-state index >= 15 is 0 Å². The van der Waals surface area contributed by atoms with Gasteiger partial charge in [-0.05, 0) is 37.6 Å². The molecule has 6 nitrogen and oxygen atoms in total. The molecule has 3 aromatic rings. The third-order valence-corrected chi connectivity index (χ3v) is 4.69. The van der Waals surface area contributed by atoms with Gasteiger partial charge in [-0.25, -0.2) is 14.5 Å². The van der Waals surface area contributed by atoms with E-state index in [1.54, 1.807) is 37.4 Å². The lowest BCUT2D eigenvalue weighted by Gasteiger charge is -2.15. The Kier molecular flexibility index (Phi) is 4.35. The van der Waals surface area contributed by atoms with Crippen LogP contribution >= 0.6 is 11.8 Å². The van der Waals surface area contributed by atoms with Gasteiger partial charge in [-0.15, -0.1) is 0 Å². The van der Waals surface area contributed by atoms with Crippen molar-refractivity contribution in [3.8, 4) is 5.82 Å². The van der Waals surface area contributed by atoms with Crippen molar-refractivity contribution in [2.75, 3.05) is 0 Å². The smallest absolute Gasteiger partial charge is 0.267 e.